The molecule has 35 heavy (non-hydrogen) atoms. The minimum atomic E-state index is -4.78. The lowest BCUT2D eigenvalue weighted by molar-refractivity contribution is -0.218. The summed E-state index contributed by atoms with van der Waals surface area (Å²) in [5.74, 6) is -3.20. The number of ether oxygens (including phenoxy) is 1. The van der Waals surface area contributed by atoms with Crippen LogP contribution in [0, 0.1) is 39.8 Å². The van der Waals surface area contributed by atoms with Crippen molar-refractivity contribution in [2.24, 2.45) is 22.1 Å². The van der Waals surface area contributed by atoms with Crippen LogP contribution in [0.2, 0.25) is 0 Å². The van der Waals surface area contributed by atoms with Crippen molar-refractivity contribution in [2.75, 3.05) is 11.9 Å². The number of nitrogens with one attached hydrogen (secondary N) is 1. The van der Waals surface area contributed by atoms with E-state index < -0.39 is 47.5 Å². The summed E-state index contributed by atoms with van der Waals surface area (Å²) in [5.41, 5.74) is 2.69. The van der Waals surface area contributed by atoms with Crippen molar-refractivity contribution in [1.29, 1.82) is 10.5 Å². The number of benzene rings is 1. The van der Waals surface area contributed by atoms with Crippen LogP contribution >= 0.6 is 0 Å². The first-order valence-corrected chi connectivity index (χ1v) is 10.4. The number of halogens is 4. The number of pyridine rings is 1. The number of amides is 1. The summed E-state index contributed by atoms with van der Waals surface area (Å²) in [6.07, 6.45) is -6.22. The Balaban J connectivity index is 1.76. The van der Waals surface area contributed by atoms with Crippen LogP contribution in [0.4, 0.5) is 23.2 Å². The van der Waals surface area contributed by atoms with Crippen molar-refractivity contribution in [3.05, 3.63) is 59.2 Å². The van der Waals surface area contributed by atoms with Crippen molar-refractivity contribution in [2.45, 2.75) is 31.2 Å². The van der Waals surface area contributed by atoms with Crippen LogP contribution in [0.25, 0.3) is 0 Å². The zero-order valence-corrected chi connectivity index (χ0v) is 18.2. The van der Waals surface area contributed by atoms with E-state index in [1.54, 1.807) is 0 Å². The molecule has 0 aliphatic carbocycles. The summed E-state index contributed by atoms with van der Waals surface area (Å²) in [6, 6.07) is 9.89. The van der Waals surface area contributed by atoms with Gasteiger partial charge in [0.1, 0.15) is 34.4 Å². The maximum absolute atomic E-state index is 15.1. The maximum atomic E-state index is 15.1. The van der Waals surface area contributed by atoms with E-state index in [1.165, 1.54) is 37.4 Å². The smallest absolute Gasteiger partial charge is 0.386 e. The zero-order valence-electron chi connectivity index (χ0n) is 18.2. The first kappa shape index (κ1) is 24.1. The van der Waals surface area contributed by atoms with Gasteiger partial charge in [0.15, 0.2) is 6.10 Å². The molecule has 8 nitrogen and oxygen atoms in total. The summed E-state index contributed by atoms with van der Waals surface area (Å²) in [7, 11) is 0. The van der Waals surface area contributed by atoms with Gasteiger partial charge in [-0.2, -0.15) is 23.7 Å². The third-order valence-corrected chi connectivity index (χ3v) is 6.36. The van der Waals surface area contributed by atoms with Gasteiger partial charge in [-0.05, 0) is 43.7 Å². The number of rotatable bonds is 3. The number of carbonyl (C=O) groups is 1. The molecule has 3 N–H and O–H groups in total. The van der Waals surface area contributed by atoms with Crippen LogP contribution in [0.15, 0.2) is 41.5 Å². The van der Waals surface area contributed by atoms with Gasteiger partial charge in [-0.1, -0.05) is 0 Å². The van der Waals surface area contributed by atoms with Crippen molar-refractivity contribution >= 4 is 17.4 Å². The molecule has 1 aromatic heterocycles. The molecule has 0 spiro atoms. The number of carbonyl (C=O) groups excluding carboxylic acids is 1. The Morgan fingerprint density at radius 1 is 1.29 bits per heavy atom. The van der Waals surface area contributed by atoms with E-state index in [1.807, 2.05) is 12.1 Å². The highest BCUT2D eigenvalue weighted by molar-refractivity contribution is 6.03. The molecule has 4 rings (SSSR count). The Labute approximate surface area is 197 Å². The number of anilines is 1. The zero-order chi connectivity index (χ0) is 25.6. The van der Waals surface area contributed by atoms with Gasteiger partial charge in [0.25, 0.3) is 5.91 Å². The van der Waals surface area contributed by atoms with Crippen molar-refractivity contribution in [3.63, 3.8) is 0 Å². The number of nitrogens with zero attached hydrogens (tertiary/aromatic N) is 4. The van der Waals surface area contributed by atoms with Gasteiger partial charge < -0.3 is 15.8 Å². The standard InChI is InChI=1S/C23H18F4N6O2/c1-21(10-29)7-15-18(23(25,26)27)35-11-22(15,33-20(21)30)14-6-13(3-4-16(14)24)32-19(34)17-5-2-12(8-28)9-31-17/h2-6,9,15,18H,7,11H2,1H3,(H2,30,33)(H,32,34)/t15-,18+,21-,22-/m1/s1. The molecule has 3 heterocycles. The number of aromatic nitrogens is 1. The van der Waals surface area contributed by atoms with Gasteiger partial charge in [-0.25, -0.2) is 9.37 Å². The van der Waals surface area contributed by atoms with Gasteiger partial charge in [0.05, 0.1) is 18.2 Å². The fourth-order valence-electron chi connectivity index (χ4n) is 4.45. The van der Waals surface area contributed by atoms with E-state index in [4.69, 9.17) is 15.7 Å². The normalized spacial score (nSPS) is 27.8. The van der Waals surface area contributed by atoms with Crippen LogP contribution < -0.4 is 11.1 Å². The monoisotopic (exact) mass is 486 g/mol. The summed E-state index contributed by atoms with van der Waals surface area (Å²) >= 11 is 0. The average molecular weight is 486 g/mol. The highest BCUT2D eigenvalue weighted by atomic mass is 19.4. The predicted molar refractivity (Wildman–Crippen MR) is 114 cm³/mol. The topological polar surface area (TPSA) is 137 Å². The fraction of sp³-hybridized carbons (Fsp3) is 0.348. The van der Waals surface area contributed by atoms with Gasteiger partial charge in [-0.3, -0.25) is 9.79 Å². The number of alkyl halides is 3. The fourth-order valence-corrected chi connectivity index (χ4v) is 4.45. The Morgan fingerprint density at radius 3 is 2.63 bits per heavy atom. The molecular weight excluding hydrogens is 468 g/mol. The van der Waals surface area contributed by atoms with Crippen LogP contribution in [-0.4, -0.2) is 35.6 Å². The van der Waals surface area contributed by atoms with E-state index >= 15 is 4.39 Å². The minimum Gasteiger partial charge on any atom is -0.386 e. The summed E-state index contributed by atoms with van der Waals surface area (Å²) in [6.45, 7) is 0.759. The van der Waals surface area contributed by atoms with E-state index in [0.29, 0.717) is 0 Å². The van der Waals surface area contributed by atoms with Crippen LogP contribution in [0.5, 0.6) is 0 Å². The molecule has 0 unspecified atom stereocenters. The molecule has 0 saturated carbocycles. The van der Waals surface area contributed by atoms with Crippen molar-refractivity contribution in [1.82, 2.24) is 4.98 Å². The van der Waals surface area contributed by atoms with E-state index in [0.717, 1.165) is 6.07 Å². The molecular formula is C23H18F4N6O2. The van der Waals surface area contributed by atoms with Crippen molar-refractivity contribution < 1.29 is 27.1 Å². The molecule has 2 aliphatic rings. The maximum Gasteiger partial charge on any atom is 0.415 e. The lowest BCUT2D eigenvalue weighted by Crippen LogP contribution is -2.51. The van der Waals surface area contributed by atoms with Gasteiger partial charge in [0, 0.05) is 23.4 Å². The number of nitrogens with two attached hydrogens (primary N) is 1. The van der Waals surface area contributed by atoms with Gasteiger partial charge in [0.2, 0.25) is 0 Å². The van der Waals surface area contributed by atoms with E-state index in [-0.39, 0.29) is 34.8 Å². The first-order chi connectivity index (χ1) is 16.4. The second-order valence-corrected chi connectivity index (χ2v) is 8.64. The molecule has 1 aromatic carbocycles. The third-order valence-electron chi connectivity index (χ3n) is 6.36. The first-order valence-electron chi connectivity index (χ1n) is 10.4. The lowest BCUT2D eigenvalue weighted by Gasteiger charge is -2.42. The van der Waals surface area contributed by atoms with Crippen LogP contribution in [-0.2, 0) is 10.3 Å². The lowest BCUT2D eigenvalue weighted by atomic mass is 9.66. The number of amidine groups is 1. The SMILES string of the molecule is C[C@]1(C#N)C[C@@H]2[C@@H](C(F)(F)F)OC[C@]2(c2cc(NC(=O)c3ccc(C#N)cn3)ccc2F)N=C1N. The minimum absolute atomic E-state index is 0.0306. The van der Waals surface area contributed by atoms with Crippen LogP contribution in [0.3, 0.4) is 0 Å². The third kappa shape index (κ3) is 4.06. The van der Waals surface area contributed by atoms with Crippen LogP contribution in [0.1, 0.15) is 35.0 Å². The van der Waals surface area contributed by atoms with Gasteiger partial charge in [-0.15, -0.1) is 0 Å². The molecule has 2 aromatic rings. The Kier molecular flexibility index (Phi) is 5.73. The Morgan fingerprint density at radius 2 is 2.03 bits per heavy atom. The molecule has 1 saturated heterocycles. The predicted octanol–water partition coefficient (Wildman–Crippen LogP) is 3.41. The molecule has 0 radical (unpaired) electrons. The molecule has 2 aliphatic heterocycles. The molecule has 4 atom stereocenters. The van der Waals surface area contributed by atoms with Crippen molar-refractivity contribution in [3.8, 4) is 12.1 Å². The highest BCUT2D eigenvalue weighted by Gasteiger charge is 2.64. The Hall–Kier alpha value is -4.03. The second kappa shape index (κ2) is 8.32. The molecule has 12 heteroatoms. The van der Waals surface area contributed by atoms with E-state index in [9.17, 15) is 23.2 Å². The number of nitriles is 2. The molecule has 1 fully saturated rings. The summed E-state index contributed by atoms with van der Waals surface area (Å²) < 4.78 is 61.6. The Bertz CT molecular complexity index is 1300. The highest BCUT2D eigenvalue weighted by Crippen LogP contribution is 2.55. The summed E-state index contributed by atoms with van der Waals surface area (Å²) in [5, 5.41) is 20.9. The van der Waals surface area contributed by atoms with E-state index in [2.05, 4.69) is 15.3 Å². The molecule has 0 bridgehead atoms. The largest absolute Gasteiger partial charge is 0.415 e. The quantitative estimate of drug-likeness (QED) is 0.638. The number of hydrogen-bond donors (Lipinski definition) is 2. The van der Waals surface area contributed by atoms with Gasteiger partial charge >= 0.3 is 6.18 Å². The average Bonchev–Trinajstić information content (AvgIpc) is 3.19. The second-order valence-electron chi connectivity index (χ2n) is 8.64. The molecule has 180 valence electrons. The number of hydrogen-bond acceptors (Lipinski definition) is 7. The summed E-state index contributed by atoms with van der Waals surface area (Å²) in [4.78, 5) is 20.7. The number of fused-ring (bicyclic) bond motifs is 1. The molecule has 1 amide bonds. The number of aliphatic imine (C=N–C) groups is 1.